The summed E-state index contributed by atoms with van der Waals surface area (Å²) in [5, 5.41) is 14.9. The van der Waals surface area contributed by atoms with E-state index in [2.05, 4.69) is 20.0 Å². The summed E-state index contributed by atoms with van der Waals surface area (Å²) in [6, 6.07) is 9.58. The number of aromatic nitrogens is 4. The summed E-state index contributed by atoms with van der Waals surface area (Å²) in [5.74, 6) is 0.378. The van der Waals surface area contributed by atoms with Crippen molar-refractivity contribution in [3.63, 3.8) is 0 Å². The van der Waals surface area contributed by atoms with Crippen LogP contribution in [0.25, 0.3) is 11.0 Å². The van der Waals surface area contributed by atoms with E-state index in [0.717, 1.165) is 48.4 Å². The van der Waals surface area contributed by atoms with Crippen molar-refractivity contribution in [1.29, 1.82) is 0 Å². The van der Waals surface area contributed by atoms with Crippen LogP contribution in [0.5, 0.6) is 0 Å². The van der Waals surface area contributed by atoms with Gasteiger partial charge >= 0.3 is 0 Å². The molecule has 2 N–H and O–H groups in total. The Morgan fingerprint density at radius 3 is 2.96 bits per heavy atom. The maximum Gasteiger partial charge on any atom is 0.271 e. The van der Waals surface area contributed by atoms with Crippen LogP contribution >= 0.6 is 0 Å². The van der Waals surface area contributed by atoms with Gasteiger partial charge in [-0.05, 0) is 37.0 Å². The molecule has 2 aliphatic rings. The summed E-state index contributed by atoms with van der Waals surface area (Å²) in [6.07, 6.45) is 1.74. The summed E-state index contributed by atoms with van der Waals surface area (Å²) >= 11 is 0. The first kappa shape index (κ1) is 15.7. The van der Waals surface area contributed by atoms with Crippen molar-refractivity contribution in [3.05, 3.63) is 57.8 Å². The van der Waals surface area contributed by atoms with Crippen molar-refractivity contribution < 1.29 is 5.11 Å². The number of aromatic amines is 1. The molecule has 1 aromatic carbocycles. The number of hydrogen-bond acceptors (Lipinski definition) is 5. The number of benzene rings is 1. The van der Waals surface area contributed by atoms with Crippen molar-refractivity contribution in [1.82, 2.24) is 24.6 Å². The molecule has 0 unspecified atom stereocenters. The van der Waals surface area contributed by atoms with Crippen molar-refractivity contribution in [3.8, 4) is 0 Å². The molecule has 5 rings (SSSR count). The molecule has 3 heterocycles. The Kier molecular flexibility index (Phi) is 3.65. The maximum atomic E-state index is 12.3. The number of nitrogens with zero attached hydrogens (tertiary/aromatic N) is 4. The second kappa shape index (κ2) is 6.03. The van der Waals surface area contributed by atoms with Crippen LogP contribution in [0.15, 0.2) is 35.1 Å². The molecule has 0 spiro atoms. The molecule has 0 radical (unpaired) electrons. The highest BCUT2D eigenvalue weighted by molar-refractivity contribution is 5.73. The monoisotopic (exact) mass is 351 g/mol. The first-order valence-corrected chi connectivity index (χ1v) is 9.12. The zero-order chi connectivity index (χ0) is 17.7. The summed E-state index contributed by atoms with van der Waals surface area (Å²) in [4.78, 5) is 22.0. The molecule has 7 heteroatoms. The molecule has 0 saturated heterocycles. The number of para-hydroxylation sites is 2. The van der Waals surface area contributed by atoms with Gasteiger partial charge in [-0.15, -0.1) is 0 Å². The summed E-state index contributed by atoms with van der Waals surface area (Å²) < 4.78 is 1.98. The molecular weight excluding hydrogens is 330 g/mol. The first-order chi connectivity index (χ1) is 12.7. The lowest BCUT2D eigenvalue weighted by atomic mass is 10.1. The predicted octanol–water partition coefficient (Wildman–Crippen LogP) is 1.58. The van der Waals surface area contributed by atoms with E-state index >= 15 is 0 Å². The molecule has 1 atom stereocenters. The Balaban J connectivity index is 1.36. The van der Waals surface area contributed by atoms with Gasteiger partial charge in [-0.25, -0.2) is 4.98 Å². The van der Waals surface area contributed by atoms with Crippen molar-refractivity contribution in [2.75, 3.05) is 6.54 Å². The van der Waals surface area contributed by atoms with Crippen LogP contribution < -0.4 is 5.56 Å². The number of nitrogens with one attached hydrogen (secondary N) is 1. The van der Waals surface area contributed by atoms with Crippen LogP contribution in [-0.4, -0.2) is 36.3 Å². The normalized spacial score (nSPS) is 18.8. The van der Waals surface area contributed by atoms with Gasteiger partial charge < -0.3 is 10.1 Å². The standard InChI is InChI=1S/C19H21N5O2/c25-18(12-5-6-12)16-9-13-10-23(7-8-24(13)22-16)11-17-19(26)21-15-4-2-1-3-14(15)20-17/h1-4,9,12,18,25H,5-8,10-11H2,(H,21,26)/t18-/m1/s1. The van der Waals surface area contributed by atoms with Crippen molar-refractivity contribution in [2.45, 2.75) is 38.6 Å². The smallest absolute Gasteiger partial charge is 0.271 e. The van der Waals surface area contributed by atoms with Gasteiger partial charge in [-0.1, -0.05) is 12.1 Å². The average molecular weight is 351 g/mol. The molecule has 1 aliphatic carbocycles. The Bertz CT molecular complexity index is 1020. The number of aliphatic hydroxyl groups excluding tert-OH is 1. The SMILES string of the molecule is O=c1[nH]c2ccccc2nc1CN1CCn2nc([C@H](O)C3CC3)cc2C1. The zero-order valence-corrected chi connectivity index (χ0v) is 14.4. The molecule has 1 aliphatic heterocycles. The van der Waals surface area contributed by atoms with Gasteiger partial charge in [-0.3, -0.25) is 14.4 Å². The molecule has 0 amide bonds. The lowest BCUT2D eigenvalue weighted by molar-refractivity contribution is 0.147. The minimum Gasteiger partial charge on any atom is -0.386 e. The van der Waals surface area contributed by atoms with Crippen LogP contribution in [0.1, 0.15) is 36.0 Å². The molecule has 7 nitrogen and oxygen atoms in total. The van der Waals surface area contributed by atoms with Gasteiger partial charge in [0.05, 0.1) is 29.0 Å². The fourth-order valence-corrected chi connectivity index (χ4v) is 3.66. The fourth-order valence-electron chi connectivity index (χ4n) is 3.66. The topological polar surface area (TPSA) is 87.0 Å². The Labute approximate surface area is 150 Å². The molecule has 0 bridgehead atoms. The van der Waals surface area contributed by atoms with Crippen LogP contribution in [0, 0.1) is 5.92 Å². The number of hydrogen-bond donors (Lipinski definition) is 2. The second-order valence-electron chi connectivity index (χ2n) is 7.31. The zero-order valence-electron chi connectivity index (χ0n) is 14.4. The Morgan fingerprint density at radius 1 is 1.27 bits per heavy atom. The van der Waals surface area contributed by atoms with E-state index in [4.69, 9.17) is 0 Å². The largest absolute Gasteiger partial charge is 0.386 e. The van der Waals surface area contributed by atoms with E-state index in [1.807, 2.05) is 35.0 Å². The third kappa shape index (κ3) is 2.83. The predicted molar refractivity (Wildman–Crippen MR) is 96.4 cm³/mol. The quantitative estimate of drug-likeness (QED) is 0.745. The van der Waals surface area contributed by atoms with Gasteiger partial charge in [0.1, 0.15) is 11.8 Å². The van der Waals surface area contributed by atoms with Gasteiger partial charge in [-0.2, -0.15) is 5.10 Å². The molecule has 1 saturated carbocycles. The van der Waals surface area contributed by atoms with E-state index in [1.54, 1.807) is 0 Å². The molecule has 134 valence electrons. The Hall–Kier alpha value is -2.51. The highest BCUT2D eigenvalue weighted by atomic mass is 16.3. The van der Waals surface area contributed by atoms with Crippen LogP contribution in [0.4, 0.5) is 0 Å². The van der Waals surface area contributed by atoms with Gasteiger partial charge in [0, 0.05) is 19.6 Å². The number of rotatable bonds is 4. The van der Waals surface area contributed by atoms with Crippen molar-refractivity contribution in [2.24, 2.45) is 5.92 Å². The highest BCUT2D eigenvalue weighted by Crippen LogP contribution is 2.40. The minimum absolute atomic E-state index is 0.132. The van der Waals surface area contributed by atoms with Crippen LogP contribution in [-0.2, 0) is 19.6 Å². The first-order valence-electron chi connectivity index (χ1n) is 9.12. The molecule has 3 aromatic rings. The highest BCUT2D eigenvalue weighted by Gasteiger charge is 2.33. The summed E-state index contributed by atoms with van der Waals surface area (Å²) in [6.45, 7) is 2.78. The lowest BCUT2D eigenvalue weighted by Crippen LogP contribution is -2.35. The van der Waals surface area contributed by atoms with Crippen LogP contribution in [0.3, 0.4) is 0 Å². The van der Waals surface area contributed by atoms with Crippen LogP contribution in [0.2, 0.25) is 0 Å². The van der Waals surface area contributed by atoms with Gasteiger partial charge in [0.15, 0.2) is 0 Å². The summed E-state index contributed by atoms with van der Waals surface area (Å²) in [7, 11) is 0. The number of aliphatic hydroxyl groups is 1. The minimum atomic E-state index is -0.438. The third-order valence-electron chi connectivity index (χ3n) is 5.31. The summed E-state index contributed by atoms with van der Waals surface area (Å²) in [5.41, 5.74) is 3.84. The van der Waals surface area contributed by atoms with Gasteiger partial charge in [0.25, 0.3) is 5.56 Å². The van der Waals surface area contributed by atoms with E-state index in [0.29, 0.717) is 24.7 Å². The fraction of sp³-hybridized carbons (Fsp3) is 0.421. The maximum absolute atomic E-state index is 12.3. The molecule has 26 heavy (non-hydrogen) atoms. The number of H-pyrrole nitrogens is 1. The van der Waals surface area contributed by atoms with Gasteiger partial charge in [0.2, 0.25) is 0 Å². The van der Waals surface area contributed by atoms with Crippen molar-refractivity contribution >= 4 is 11.0 Å². The average Bonchev–Trinajstić information content (AvgIpc) is 3.41. The molecule has 1 fully saturated rings. The third-order valence-corrected chi connectivity index (χ3v) is 5.31. The molecule has 2 aromatic heterocycles. The van der Waals surface area contributed by atoms with E-state index < -0.39 is 6.10 Å². The molecular formula is C19H21N5O2. The lowest BCUT2D eigenvalue weighted by Gasteiger charge is -2.26. The van der Waals surface area contributed by atoms with E-state index in [1.165, 1.54) is 0 Å². The second-order valence-corrected chi connectivity index (χ2v) is 7.31. The number of fused-ring (bicyclic) bond motifs is 2. The Morgan fingerprint density at radius 2 is 2.12 bits per heavy atom. The van der Waals surface area contributed by atoms with E-state index in [9.17, 15) is 9.90 Å². The van der Waals surface area contributed by atoms with E-state index in [-0.39, 0.29) is 5.56 Å².